The fourth-order valence-corrected chi connectivity index (χ4v) is 2.38. The Hall–Kier alpha value is -2.04. The first-order chi connectivity index (χ1) is 9.97. The first kappa shape index (κ1) is 15.4. The molecule has 0 aromatic heterocycles. The third-order valence-corrected chi connectivity index (χ3v) is 3.24. The summed E-state index contributed by atoms with van der Waals surface area (Å²) in [5.74, 6) is 1.25. The molecule has 1 heterocycles. The van der Waals surface area contributed by atoms with Gasteiger partial charge in [0.15, 0.2) is 17.6 Å². The lowest BCUT2D eigenvalue weighted by molar-refractivity contribution is -0.125. The van der Waals surface area contributed by atoms with Crippen LogP contribution < -0.4 is 14.4 Å². The Balaban J connectivity index is 2.56. The molecule has 0 aliphatic carbocycles. The highest BCUT2D eigenvalue weighted by atomic mass is 16.5. The Morgan fingerprint density at radius 2 is 2.14 bits per heavy atom. The maximum absolute atomic E-state index is 12.4. The quantitative estimate of drug-likeness (QED) is 0.783. The zero-order valence-corrected chi connectivity index (χ0v) is 12.9. The van der Waals surface area contributed by atoms with Crippen molar-refractivity contribution in [2.75, 3.05) is 18.1 Å². The Labute approximate surface area is 124 Å². The highest BCUT2D eigenvalue weighted by Crippen LogP contribution is 2.43. The molecule has 1 atom stereocenters. The number of ether oxygens (including phenoxy) is 2. The van der Waals surface area contributed by atoms with Crippen LogP contribution in [0.15, 0.2) is 12.1 Å². The third-order valence-electron chi connectivity index (χ3n) is 3.24. The number of amides is 1. The summed E-state index contributed by atoms with van der Waals surface area (Å²) in [5.41, 5.74) is 1.08. The summed E-state index contributed by atoms with van der Waals surface area (Å²) < 4.78 is 11.3. The van der Waals surface area contributed by atoms with Crippen LogP contribution >= 0.6 is 0 Å². The first-order valence-corrected chi connectivity index (χ1v) is 7.22. The fraction of sp³-hybridized carbons (Fsp3) is 0.500. The second-order valence-corrected chi connectivity index (χ2v) is 5.52. The van der Waals surface area contributed by atoms with Crippen LogP contribution in [0.3, 0.4) is 0 Å². The molecule has 1 aromatic carbocycles. The number of rotatable bonds is 5. The third kappa shape index (κ3) is 3.01. The molecule has 0 saturated carbocycles. The van der Waals surface area contributed by atoms with Gasteiger partial charge >= 0.3 is 0 Å². The largest absolute Gasteiger partial charge is 0.490 e. The van der Waals surface area contributed by atoms with E-state index in [9.17, 15) is 9.59 Å². The van der Waals surface area contributed by atoms with Gasteiger partial charge in [0.05, 0.1) is 12.3 Å². The standard InChI is InChI=1S/C16H21NO4/c1-5-20-14-7-12(9-18)6-13-15(14)21-11(4)16(19)17(13)8-10(2)3/h6-7,9-11H,5,8H2,1-4H3. The summed E-state index contributed by atoms with van der Waals surface area (Å²) in [5, 5.41) is 0. The summed E-state index contributed by atoms with van der Waals surface area (Å²) in [4.78, 5) is 25.2. The minimum Gasteiger partial charge on any atom is -0.490 e. The lowest BCUT2D eigenvalue weighted by atomic mass is 10.1. The van der Waals surface area contributed by atoms with Crippen molar-refractivity contribution in [1.29, 1.82) is 0 Å². The number of carbonyl (C=O) groups is 2. The van der Waals surface area contributed by atoms with Gasteiger partial charge in [0.1, 0.15) is 6.29 Å². The predicted octanol–water partition coefficient (Wildman–Crippen LogP) is 2.67. The van der Waals surface area contributed by atoms with Crippen molar-refractivity contribution in [3.05, 3.63) is 17.7 Å². The second kappa shape index (κ2) is 6.16. The van der Waals surface area contributed by atoms with Gasteiger partial charge < -0.3 is 14.4 Å². The van der Waals surface area contributed by atoms with E-state index in [2.05, 4.69) is 0 Å². The van der Waals surface area contributed by atoms with Crippen molar-refractivity contribution in [3.63, 3.8) is 0 Å². The topological polar surface area (TPSA) is 55.8 Å². The smallest absolute Gasteiger partial charge is 0.267 e. The van der Waals surface area contributed by atoms with Crippen LogP contribution in [0.1, 0.15) is 38.1 Å². The van der Waals surface area contributed by atoms with Crippen molar-refractivity contribution in [2.45, 2.75) is 33.8 Å². The van der Waals surface area contributed by atoms with Crippen LogP contribution in [0.5, 0.6) is 11.5 Å². The SMILES string of the molecule is CCOc1cc(C=O)cc2c1OC(C)C(=O)N2CC(C)C. The van der Waals surface area contributed by atoms with E-state index in [-0.39, 0.29) is 5.91 Å². The number of carbonyl (C=O) groups excluding carboxylic acids is 2. The fourth-order valence-electron chi connectivity index (χ4n) is 2.38. The molecule has 1 amide bonds. The average Bonchev–Trinajstić information content (AvgIpc) is 2.44. The van der Waals surface area contributed by atoms with Crippen molar-refractivity contribution < 1.29 is 19.1 Å². The highest BCUT2D eigenvalue weighted by molar-refractivity contribution is 6.01. The normalized spacial score (nSPS) is 17.5. The average molecular weight is 291 g/mol. The number of aldehydes is 1. The summed E-state index contributed by atoms with van der Waals surface area (Å²) in [6.07, 6.45) is 0.191. The summed E-state index contributed by atoms with van der Waals surface area (Å²) in [6, 6.07) is 3.32. The van der Waals surface area contributed by atoms with Crippen LogP contribution in [0, 0.1) is 5.92 Å². The van der Waals surface area contributed by atoms with E-state index in [1.165, 1.54) is 0 Å². The molecule has 2 rings (SSSR count). The van der Waals surface area contributed by atoms with Gasteiger partial charge in [-0.05, 0) is 31.9 Å². The van der Waals surface area contributed by atoms with Crippen molar-refractivity contribution in [1.82, 2.24) is 0 Å². The minimum atomic E-state index is -0.558. The van der Waals surface area contributed by atoms with Crippen LogP contribution in [0.25, 0.3) is 0 Å². The molecule has 0 radical (unpaired) electrons. The van der Waals surface area contributed by atoms with Crippen molar-refractivity contribution in [2.24, 2.45) is 5.92 Å². The van der Waals surface area contributed by atoms with E-state index in [0.29, 0.717) is 41.8 Å². The Bertz CT molecular complexity index is 553. The molecule has 0 spiro atoms. The first-order valence-electron chi connectivity index (χ1n) is 7.22. The summed E-state index contributed by atoms with van der Waals surface area (Å²) in [6.45, 7) is 8.71. The number of hydrogen-bond donors (Lipinski definition) is 0. The molecule has 0 bridgehead atoms. The Morgan fingerprint density at radius 3 is 2.71 bits per heavy atom. The van der Waals surface area contributed by atoms with E-state index in [0.717, 1.165) is 6.29 Å². The molecule has 5 heteroatoms. The van der Waals surface area contributed by atoms with Gasteiger partial charge in [-0.2, -0.15) is 0 Å². The van der Waals surface area contributed by atoms with Crippen LogP contribution in [0.4, 0.5) is 5.69 Å². The zero-order chi connectivity index (χ0) is 15.6. The molecule has 0 N–H and O–H groups in total. The number of hydrogen-bond acceptors (Lipinski definition) is 4. The van der Waals surface area contributed by atoms with Gasteiger partial charge in [0.2, 0.25) is 0 Å². The van der Waals surface area contributed by atoms with Crippen molar-refractivity contribution >= 4 is 17.9 Å². The van der Waals surface area contributed by atoms with E-state index in [4.69, 9.17) is 9.47 Å². The van der Waals surface area contributed by atoms with Gasteiger partial charge in [-0.25, -0.2) is 0 Å². The molecule has 1 aliphatic rings. The van der Waals surface area contributed by atoms with Crippen LogP contribution in [0.2, 0.25) is 0 Å². The van der Waals surface area contributed by atoms with Crippen LogP contribution in [-0.2, 0) is 4.79 Å². The molecule has 114 valence electrons. The summed E-state index contributed by atoms with van der Waals surface area (Å²) in [7, 11) is 0. The van der Waals surface area contributed by atoms with Crippen molar-refractivity contribution in [3.8, 4) is 11.5 Å². The number of benzene rings is 1. The zero-order valence-electron chi connectivity index (χ0n) is 12.9. The molecule has 21 heavy (non-hydrogen) atoms. The Morgan fingerprint density at radius 1 is 1.43 bits per heavy atom. The lowest BCUT2D eigenvalue weighted by Gasteiger charge is -2.35. The molecular weight excluding hydrogens is 270 g/mol. The second-order valence-electron chi connectivity index (χ2n) is 5.52. The van der Waals surface area contributed by atoms with Crippen LogP contribution in [-0.4, -0.2) is 31.4 Å². The van der Waals surface area contributed by atoms with Gasteiger partial charge in [-0.15, -0.1) is 0 Å². The maximum atomic E-state index is 12.4. The van der Waals surface area contributed by atoms with E-state index in [1.807, 2.05) is 20.8 Å². The molecule has 5 nitrogen and oxygen atoms in total. The monoisotopic (exact) mass is 291 g/mol. The highest BCUT2D eigenvalue weighted by Gasteiger charge is 2.34. The molecular formula is C16H21NO4. The van der Waals surface area contributed by atoms with Gasteiger partial charge in [0.25, 0.3) is 5.91 Å². The minimum absolute atomic E-state index is 0.0957. The molecule has 1 unspecified atom stereocenters. The summed E-state index contributed by atoms with van der Waals surface area (Å²) >= 11 is 0. The molecule has 0 saturated heterocycles. The number of nitrogens with zero attached hydrogens (tertiary/aromatic N) is 1. The van der Waals surface area contributed by atoms with Gasteiger partial charge in [-0.1, -0.05) is 13.8 Å². The molecule has 1 aliphatic heterocycles. The van der Waals surface area contributed by atoms with E-state index < -0.39 is 6.10 Å². The van der Waals surface area contributed by atoms with E-state index in [1.54, 1.807) is 24.0 Å². The van der Waals surface area contributed by atoms with Gasteiger partial charge in [-0.3, -0.25) is 9.59 Å². The predicted molar refractivity (Wildman–Crippen MR) is 80.3 cm³/mol. The van der Waals surface area contributed by atoms with Gasteiger partial charge in [0, 0.05) is 12.1 Å². The molecule has 1 aromatic rings. The number of fused-ring (bicyclic) bond motifs is 1. The Kier molecular flexibility index (Phi) is 4.50. The number of anilines is 1. The molecule has 0 fully saturated rings. The lowest BCUT2D eigenvalue weighted by Crippen LogP contribution is -2.46. The maximum Gasteiger partial charge on any atom is 0.267 e. The van der Waals surface area contributed by atoms with E-state index >= 15 is 0 Å².